The van der Waals surface area contributed by atoms with Gasteiger partial charge >= 0.3 is 0 Å². The number of halogens is 1. The maximum Gasteiger partial charge on any atom is 0.237 e. The fourth-order valence-corrected chi connectivity index (χ4v) is 4.43. The summed E-state index contributed by atoms with van der Waals surface area (Å²) in [4.78, 5) is 17.5. The number of thioether (sulfide) groups is 1. The van der Waals surface area contributed by atoms with Gasteiger partial charge in [-0.15, -0.1) is 0 Å². The topological polar surface area (TPSA) is 75.0 Å². The number of aromatic nitrogens is 1. The molecule has 2 unspecified atom stereocenters. The van der Waals surface area contributed by atoms with Crippen LogP contribution < -0.4 is 10.1 Å². The van der Waals surface area contributed by atoms with E-state index in [1.54, 1.807) is 19.1 Å². The second-order valence-corrected chi connectivity index (χ2v) is 9.19. The summed E-state index contributed by atoms with van der Waals surface area (Å²) >= 11 is 7.44. The van der Waals surface area contributed by atoms with Gasteiger partial charge in [0.15, 0.2) is 0 Å². The number of fused-ring (bicyclic) bond motifs is 1. The van der Waals surface area contributed by atoms with Crippen molar-refractivity contribution in [2.24, 2.45) is 5.92 Å². The lowest BCUT2D eigenvalue weighted by Crippen LogP contribution is -2.23. The van der Waals surface area contributed by atoms with E-state index < -0.39 is 5.25 Å². The molecule has 3 rings (SSSR count). The van der Waals surface area contributed by atoms with E-state index in [2.05, 4.69) is 18.3 Å². The molecule has 1 amide bonds. The SMILES string of the molecule is COc1cc(Cl)c(C)cc1NC(=O)C(C)Sc1nc2c(cc1C#N)CC(C)CC2. The van der Waals surface area contributed by atoms with Gasteiger partial charge in [0.05, 0.1) is 23.6 Å². The molecule has 1 heterocycles. The van der Waals surface area contributed by atoms with Gasteiger partial charge in [-0.3, -0.25) is 4.79 Å². The first-order valence-corrected chi connectivity index (χ1v) is 10.8. The summed E-state index contributed by atoms with van der Waals surface area (Å²) in [7, 11) is 1.53. The zero-order valence-corrected chi connectivity index (χ0v) is 18.6. The predicted octanol–water partition coefficient (Wildman–Crippen LogP) is 5.17. The van der Waals surface area contributed by atoms with Crippen LogP contribution in [-0.4, -0.2) is 23.3 Å². The molecule has 7 heteroatoms. The molecule has 152 valence electrons. The van der Waals surface area contributed by atoms with Crippen LogP contribution >= 0.6 is 23.4 Å². The number of aryl methyl sites for hydroxylation is 2. The Labute approximate surface area is 180 Å². The van der Waals surface area contributed by atoms with Gasteiger partial charge in [0.1, 0.15) is 16.8 Å². The summed E-state index contributed by atoms with van der Waals surface area (Å²) in [5, 5.41) is 13.2. The minimum atomic E-state index is -0.434. The predicted molar refractivity (Wildman–Crippen MR) is 117 cm³/mol. The summed E-state index contributed by atoms with van der Waals surface area (Å²) in [6.45, 7) is 5.89. The van der Waals surface area contributed by atoms with Crippen LogP contribution in [0.15, 0.2) is 23.2 Å². The fourth-order valence-electron chi connectivity index (χ4n) is 3.38. The number of carbonyl (C=O) groups is 1. The lowest BCUT2D eigenvalue weighted by Gasteiger charge is -2.22. The molecule has 1 aliphatic carbocycles. The van der Waals surface area contributed by atoms with Gasteiger partial charge in [0, 0.05) is 16.8 Å². The van der Waals surface area contributed by atoms with Crippen LogP contribution in [0.4, 0.5) is 5.69 Å². The van der Waals surface area contributed by atoms with Crippen LogP contribution in [0, 0.1) is 24.2 Å². The third-order valence-electron chi connectivity index (χ3n) is 5.12. The molecule has 1 aromatic carbocycles. The Bertz CT molecular complexity index is 987. The van der Waals surface area contributed by atoms with Crippen molar-refractivity contribution in [3.05, 3.63) is 45.6 Å². The molecule has 0 spiro atoms. The average Bonchev–Trinajstić information content (AvgIpc) is 2.70. The number of nitrogens with zero attached hydrogens (tertiary/aromatic N) is 2. The highest BCUT2D eigenvalue weighted by Gasteiger charge is 2.23. The number of carbonyl (C=O) groups excluding carboxylic acids is 1. The number of hydrogen-bond donors (Lipinski definition) is 1. The molecule has 1 N–H and O–H groups in total. The Morgan fingerprint density at radius 1 is 1.45 bits per heavy atom. The number of rotatable bonds is 5. The highest BCUT2D eigenvalue weighted by atomic mass is 35.5. The third kappa shape index (κ3) is 4.85. The van der Waals surface area contributed by atoms with Gasteiger partial charge in [-0.2, -0.15) is 5.26 Å². The van der Waals surface area contributed by atoms with Crippen molar-refractivity contribution in [1.82, 2.24) is 4.98 Å². The Balaban J connectivity index is 1.78. The molecule has 0 bridgehead atoms. The quantitative estimate of drug-likeness (QED) is 0.663. The van der Waals surface area contributed by atoms with Gasteiger partial charge < -0.3 is 10.1 Å². The second-order valence-electron chi connectivity index (χ2n) is 7.46. The van der Waals surface area contributed by atoms with Gasteiger partial charge in [-0.05, 0) is 62.3 Å². The van der Waals surface area contributed by atoms with E-state index in [-0.39, 0.29) is 5.91 Å². The molecule has 29 heavy (non-hydrogen) atoms. The lowest BCUT2D eigenvalue weighted by molar-refractivity contribution is -0.115. The third-order valence-corrected chi connectivity index (χ3v) is 6.62. The molecule has 0 aliphatic heterocycles. The maximum atomic E-state index is 12.8. The highest BCUT2D eigenvalue weighted by Crippen LogP contribution is 2.34. The van der Waals surface area contributed by atoms with E-state index in [4.69, 9.17) is 21.3 Å². The van der Waals surface area contributed by atoms with Crippen LogP contribution in [0.5, 0.6) is 5.75 Å². The van der Waals surface area contributed by atoms with Crippen molar-refractivity contribution in [1.29, 1.82) is 5.26 Å². The van der Waals surface area contributed by atoms with Crippen molar-refractivity contribution < 1.29 is 9.53 Å². The van der Waals surface area contributed by atoms with Gasteiger partial charge in [-0.25, -0.2) is 4.98 Å². The number of nitrogens with one attached hydrogen (secondary N) is 1. The Morgan fingerprint density at radius 3 is 2.90 bits per heavy atom. The van der Waals surface area contributed by atoms with Crippen LogP contribution in [0.1, 0.15) is 42.7 Å². The molecule has 0 saturated carbocycles. The van der Waals surface area contributed by atoms with E-state index in [9.17, 15) is 10.1 Å². The molecule has 0 saturated heterocycles. The minimum Gasteiger partial charge on any atom is -0.495 e. The van der Waals surface area contributed by atoms with Crippen LogP contribution in [0.3, 0.4) is 0 Å². The molecule has 0 fully saturated rings. The maximum absolute atomic E-state index is 12.8. The van der Waals surface area contributed by atoms with E-state index in [0.29, 0.717) is 33.0 Å². The first-order valence-electron chi connectivity index (χ1n) is 9.57. The standard InChI is InChI=1S/C22H24ClN3O2S/c1-12-5-6-18-15(7-12)9-16(11-24)22(26-18)29-14(3)21(27)25-19-8-13(2)17(23)10-20(19)28-4/h8-10,12,14H,5-7H2,1-4H3,(H,25,27). The average molecular weight is 430 g/mol. The van der Waals surface area contributed by atoms with Crippen molar-refractivity contribution in [2.45, 2.75) is 50.3 Å². The number of nitriles is 1. The number of methoxy groups -OCH3 is 1. The number of benzene rings is 1. The lowest BCUT2D eigenvalue weighted by atomic mass is 9.87. The monoisotopic (exact) mass is 429 g/mol. The Kier molecular flexibility index (Phi) is 6.71. The molecule has 1 aromatic heterocycles. The molecule has 0 radical (unpaired) electrons. The van der Waals surface area contributed by atoms with Gasteiger partial charge in [0.25, 0.3) is 0 Å². The summed E-state index contributed by atoms with van der Waals surface area (Å²) in [5.74, 6) is 0.925. The van der Waals surface area contributed by atoms with Crippen LogP contribution in [0.25, 0.3) is 0 Å². The second kappa shape index (κ2) is 9.06. The number of ether oxygens (including phenoxy) is 1. The summed E-state index contributed by atoms with van der Waals surface area (Å²) in [6.07, 6.45) is 2.97. The molecular formula is C22H24ClN3O2S. The fraction of sp³-hybridized carbons (Fsp3) is 0.409. The van der Waals surface area contributed by atoms with Crippen LogP contribution in [-0.2, 0) is 17.6 Å². The van der Waals surface area contributed by atoms with Crippen molar-refractivity contribution in [3.63, 3.8) is 0 Å². The van der Waals surface area contributed by atoms with Crippen molar-refractivity contribution in [3.8, 4) is 11.8 Å². The van der Waals surface area contributed by atoms with E-state index in [1.807, 2.05) is 13.0 Å². The van der Waals surface area contributed by atoms with E-state index in [1.165, 1.54) is 18.9 Å². The number of hydrogen-bond acceptors (Lipinski definition) is 5. The highest BCUT2D eigenvalue weighted by molar-refractivity contribution is 8.00. The minimum absolute atomic E-state index is 0.188. The summed E-state index contributed by atoms with van der Waals surface area (Å²) in [6, 6.07) is 7.65. The smallest absolute Gasteiger partial charge is 0.237 e. The molecule has 5 nitrogen and oxygen atoms in total. The molecule has 2 atom stereocenters. The van der Waals surface area contributed by atoms with E-state index in [0.717, 1.165) is 36.1 Å². The normalized spacial score (nSPS) is 16.5. The zero-order chi connectivity index (χ0) is 21.1. The van der Waals surface area contributed by atoms with Gasteiger partial charge in [-0.1, -0.05) is 30.3 Å². The number of amides is 1. The first kappa shape index (κ1) is 21.5. The molecule has 1 aliphatic rings. The first-order chi connectivity index (χ1) is 13.8. The van der Waals surface area contributed by atoms with Gasteiger partial charge in [0.2, 0.25) is 5.91 Å². The molecular weight excluding hydrogens is 406 g/mol. The summed E-state index contributed by atoms with van der Waals surface area (Å²) < 4.78 is 5.33. The molecule has 2 aromatic rings. The Morgan fingerprint density at radius 2 is 2.21 bits per heavy atom. The van der Waals surface area contributed by atoms with Crippen molar-refractivity contribution >= 4 is 35.0 Å². The Hall–Kier alpha value is -2.23. The summed E-state index contributed by atoms with van der Waals surface area (Å²) in [5.41, 5.74) is 4.15. The van der Waals surface area contributed by atoms with Crippen molar-refractivity contribution in [2.75, 3.05) is 12.4 Å². The zero-order valence-electron chi connectivity index (χ0n) is 17.0. The largest absolute Gasteiger partial charge is 0.495 e. The van der Waals surface area contributed by atoms with Crippen LogP contribution in [0.2, 0.25) is 5.02 Å². The number of anilines is 1. The van der Waals surface area contributed by atoms with E-state index >= 15 is 0 Å². The number of pyridine rings is 1.